The number of allylic oxidation sites excluding steroid dienone is 4. The Hall–Kier alpha value is -3.74. The van der Waals surface area contributed by atoms with Crippen LogP contribution in [0.3, 0.4) is 0 Å². The van der Waals surface area contributed by atoms with Gasteiger partial charge in [0.25, 0.3) is 0 Å². The van der Waals surface area contributed by atoms with Crippen LogP contribution in [0.5, 0.6) is 0 Å². The molecule has 1 aliphatic rings. The number of hydrogen-bond donors (Lipinski definition) is 3. The number of aromatic nitrogens is 6. The van der Waals surface area contributed by atoms with E-state index in [0.717, 1.165) is 38.8 Å². The highest BCUT2D eigenvalue weighted by molar-refractivity contribution is 5.84. The number of nitrogens with one attached hydrogen (secondary N) is 2. The monoisotopic (exact) mass is 454 g/mol. The molecule has 7 heteroatoms. The van der Waals surface area contributed by atoms with E-state index in [1.54, 1.807) is 6.08 Å². The number of fused-ring (bicyclic) bond motifs is 2. The minimum Gasteiger partial charge on any atom is -0.512 e. The average molecular weight is 455 g/mol. The van der Waals surface area contributed by atoms with Crippen LogP contribution in [0.25, 0.3) is 22.1 Å². The fourth-order valence-corrected chi connectivity index (χ4v) is 5.86. The smallest absolute Gasteiger partial charge is 0.117 e. The largest absolute Gasteiger partial charge is 0.512 e. The van der Waals surface area contributed by atoms with Crippen LogP contribution in [-0.2, 0) is 5.41 Å². The summed E-state index contributed by atoms with van der Waals surface area (Å²) in [5.41, 5.74) is 4.83. The van der Waals surface area contributed by atoms with E-state index in [2.05, 4.69) is 84.2 Å². The molecule has 34 heavy (non-hydrogen) atoms. The van der Waals surface area contributed by atoms with E-state index in [4.69, 9.17) is 0 Å². The Morgan fingerprint density at radius 1 is 0.853 bits per heavy atom. The fourth-order valence-electron chi connectivity index (χ4n) is 5.86. The van der Waals surface area contributed by atoms with Crippen molar-refractivity contribution in [3.05, 3.63) is 83.7 Å². The molecular weight excluding hydrogens is 424 g/mol. The van der Waals surface area contributed by atoms with Crippen LogP contribution in [0.15, 0.2) is 72.5 Å². The second-order valence-electron chi connectivity index (χ2n) is 10.5. The number of H-pyrrole nitrogens is 2. The fraction of sp³-hybridized carbons (Fsp3) is 0.333. The van der Waals surface area contributed by atoms with E-state index in [0.29, 0.717) is 5.76 Å². The molecule has 0 radical (unpaired) electrons. The first kappa shape index (κ1) is 22.1. The van der Waals surface area contributed by atoms with Crippen molar-refractivity contribution < 1.29 is 5.11 Å². The van der Waals surface area contributed by atoms with Gasteiger partial charge in [-0.3, -0.25) is 10.2 Å². The Bertz CT molecular complexity index is 1390. The highest BCUT2D eigenvalue weighted by Crippen LogP contribution is 2.62. The summed E-state index contributed by atoms with van der Waals surface area (Å²) in [6, 6.07) is 12.3. The number of rotatable bonds is 5. The van der Waals surface area contributed by atoms with E-state index in [1.807, 2.05) is 36.4 Å². The van der Waals surface area contributed by atoms with Crippen molar-refractivity contribution in [1.29, 1.82) is 0 Å². The molecule has 1 unspecified atom stereocenters. The molecule has 5 rings (SSSR count). The predicted molar refractivity (Wildman–Crippen MR) is 134 cm³/mol. The Morgan fingerprint density at radius 2 is 1.38 bits per heavy atom. The standard InChI is InChI=1S/C27H30N6O/c1-16-10-7-15-21(34)22(16)25(2,3)26(4,5)27(6,17-11-8-13-19-23(17)30-32-28-19)18-12-9-14-20-24(18)31-33-29-20/h7-15,22,34H,1H2,2-6H3,(H,28,30,32)(H,29,31,33). The predicted octanol–water partition coefficient (Wildman–Crippen LogP) is 5.77. The third kappa shape index (κ3) is 2.82. The average Bonchev–Trinajstić information content (AvgIpc) is 3.47. The summed E-state index contributed by atoms with van der Waals surface area (Å²) in [7, 11) is 0. The lowest BCUT2D eigenvalue weighted by atomic mass is 9.46. The Kier molecular flexibility index (Phi) is 4.79. The second kappa shape index (κ2) is 7.38. The molecule has 0 bridgehead atoms. The summed E-state index contributed by atoms with van der Waals surface area (Å²) >= 11 is 0. The minimum absolute atomic E-state index is 0.250. The number of aliphatic hydroxyl groups excluding tert-OH is 1. The maximum Gasteiger partial charge on any atom is 0.117 e. The summed E-state index contributed by atoms with van der Waals surface area (Å²) in [6.07, 6.45) is 5.60. The molecule has 1 aliphatic carbocycles. The molecular formula is C27H30N6O. The van der Waals surface area contributed by atoms with Crippen LogP contribution >= 0.6 is 0 Å². The Balaban J connectivity index is 1.84. The van der Waals surface area contributed by atoms with Gasteiger partial charge in [0.1, 0.15) is 16.8 Å². The van der Waals surface area contributed by atoms with Crippen LogP contribution in [0.1, 0.15) is 45.7 Å². The van der Waals surface area contributed by atoms with Crippen LogP contribution in [0.2, 0.25) is 0 Å². The van der Waals surface area contributed by atoms with Crippen molar-refractivity contribution >= 4 is 22.1 Å². The maximum atomic E-state index is 11.0. The number of nitrogens with zero attached hydrogens (tertiary/aromatic N) is 4. The van der Waals surface area contributed by atoms with Gasteiger partial charge in [0, 0.05) is 11.3 Å². The number of aliphatic hydroxyl groups is 1. The molecule has 0 spiro atoms. The van der Waals surface area contributed by atoms with Crippen molar-refractivity contribution in [3.63, 3.8) is 0 Å². The van der Waals surface area contributed by atoms with E-state index in [9.17, 15) is 5.11 Å². The topological polar surface area (TPSA) is 103 Å². The first-order chi connectivity index (χ1) is 16.1. The van der Waals surface area contributed by atoms with Crippen LogP contribution in [0.4, 0.5) is 0 Å². The van der Waals surface area contributed by atoms with Crippen LogP contribution in [0, 0.1) is 16.7 Å². The Morgan fingerprint density at radius 3 is 1.88 bits per heavy atom. The van der Waals surface area contributed by atoms with E-state index in [1.165, 1.54) is 0 Å². The highest BCUT2D eigenvalue weighted by Gasteiger charge is 2.57. The van der Waals surface area contributed by atoms with Crippen molar-refractivity contribution in [2.45, 2.75) is 40.0 Å². The molecule has 0 amide bonds. The van der Waals surface area contributed by atoms with Gasteiger partial charge in [-0.1, -0.05) is 88.0 Å². The number of aromatic amines is 2. The zero-order valence-corrected chi connectivity index (χ0v) is 20.2. The van der Waals surface area contributed by atoms with Crippen molar-refractivity contribution in [3.8, 4) is 0 Å². The minimum atomic E-state index is -0.606. The van der Waals surface area contributed by atoms with Gasteiger partial charge in [-0.15, -0.1) is 10.2 Å². The summed E-state index contributed by atoms with van der Waals surface area (Å²) in [6.45, 7) is 15.5. The normalized spacial score (nSPS) is 17.5. The molecule has 0 aliphatic heterocycles. The van der Waals surface area contributed by atoms with Crippen molar-refractivity contribution in [2.75, 3.05) is 0 Å². The molecule has 2 aromatic heterocycles. The van der Waals surface area contributed by atoms with E-state index in [-0.39, 0.29) is 5.92 Å². The summed E-state index contributed by atoms with van der Waals surface area (Å²) in [5.74, 6) is 0.0760. The maximum absolute atomic E-state index is 11.0. The third-order valence-electron chi connectivity index (χ3n) is 8.62. The van der Waals surface area contributed by atoms with E-state index < -0.39 is 16.2 Å². The molecule has 0 saturated heterocycles. The lowest BCUT2D eigenvalue weighted by molar-refractivity contribution is 0.00298. The van der Waals surface area contributed by atoms with Gasteiger partial charge in [-0.2, -0.15) is 0 Å². The van der Waals surface area contributed by atoms with Gasteiger partial charge in [0.15, 0.2) is 0 Å². The van der Waals surface area contributed by atoms with Gasteiger partial charge in [0.05, 0.1) is 11.0 Å². The van der Waals surface area contributed by atoms with Crippen molar-refractivity contribution in [1.82, 2.24) is 30.8 Å². The summed E-state index contributed by atoms with van der Waals surface area (Å²) < 4.78 is 0. The molecule has 0 saturated carbocycles. The number of benzene rings is 2. The third-order valence-corrected chi connectivity index (χ3v) is 8.62. The molecule has 7 nitrogen and oxygen atoms in total. The van der Waals surface area contributed by atoms with E-state index >= 15 is 0 Å². The highest BCUT2D eigenvalue weighted by atomic mass is 16.3. The SMILES string of the molecule is C=C1C=CC=C(O)C1C(C)(C)C(C)(C)C(C)(c1cccc2[nH]nnc12)c1cccc2[nH]nnc12. The zero-order valence-electron chi connectivity index (χ0n) is 20.2. The van der Waals surface area contributed by atoms with Crippen LogP contribution < -0.4 is 0 Å². The van der Waals surface area contributed by atoms with Gasteiger partial charge < -0.3 is 5.11 Å². The quantitative estimate of drug-likeness (QED) is 0.355. The zero-order chi connectivity index (χ0) is 24.3. The lowest BCUT2D eigenvalue weighted by Gasteiger charge is -2.57. The van der Waals surface area contributed by atoms with Gasteiger partial charge in [-0.05, 0) is 45.7 Å². The van der Waals surface area contributed by atoms with Gasteiger partial charge in [-0.25, -0.2) is 0 Å². The molecule has 1 atom stereocenters. The number of hydrogen-bond acceptors (Lipinski definition) is 5. The van der Waals surface area contributed by atoms with Gasteiger partial charge in [0.2, 0.25) is 0 Å². The summed E-state index contributed by atoms with van der Waals surface area (Å²) in [4.78, 5) is 0. The van der Waals surface area contributed by atoms with Crippen LogP contribution in [-0.4, -0.2) is 35.9 Å². The second-order valence-corrected chi connectivity index (χ2v) is 10.5. The molecule has 4 aromatic rings. The first-order valence-corrected chi connectivity index (χ1v) is 11.5. The molecule has 2 aromatic carbocycles. The molecule has 174 valence electrons. The lowest BCUT2D eigenvalue weighted by Crippen LogP contribution is -2.53. The van der Waals surface area contributed by atoms with Crippen molar-refractivity contribution in [2.24, 2.45) is 16.7 Å². The molecule has 3 N–H and O–H groups in total. The molecule has 2 heterocycles. The molecule has 0 fully saturated rings. The first-order valence-electron chi connectivity index (χ1n) is 11.5. The summed E-state index contributed by atoms with van der Waals surface area (Å²) in [5, 5.41) is 34.2. The van der Waals surface area contributed by atoms with Gasteiger partial charge >= 0.3 is 0 Å². The Labute approximate surface area is 198 Å².